The summed E-state index contributed by atoms with van der Waals surface area (Å²) in [6, 6.07) is 10.1. The van der Waals surface area contributed by atoms with Crippen LogP contribution in [-0.4, -0.2) is 21.4 Å². The molecule has 2 rings (SSSR count). The van der Waals surface area contributed by atoms with Crippen molar-refractivity contribution in [1.82, 2.24) is 15.2 Å². The largest absolute Gasteiger partial charge is 0.289 e. The molecular weight excluding hydrogens is 230 g/mol. The summed E-state index contributed by atoms with van der Waals surface area (Å²) in [6.07, 6.45) is 4.56. The first kappa shape index (κ1) is 12.0. The van der Waals surface area contributed by atoms with Gasteiger partial charge in [-0.2, -0.15) is 5.10 Å². The van der Waals surface area contributed by atoms with Crippen molar-refractivity contribution < 1.29 is 0 Å². The minimum atomic E-state index is -0.313. The van der Waals surface area contributed by atoms with E-state index in [1.54, 1.807) is 6.21 Å². The highest BCUT2D eigenvalue weighted by Crippen LogP contribution is 2.00. The van der Waals surface area contributed by atoms with E-state index in [1.165, 1.54) is 5.56 Å². The van der Waals surface area contributed by atoms with Crippen molar-refractivity contribution in [3.8, 4) is 0 Å². The number of hydrogen-bond donors (Lipinski definition) is 2. The number of nitrogens with one attached hydrogen (secondary N) is 2. The molecule has 18 heavy (non-hydrogen) atoms. The lowest BCUT2D eigenvalue weighted by Crippen LogP contribution is -2.10. The second kappa shape index (κ2) is 6.29. The number of anilines is 1. The van der Waals surface area contributed by atoms with Crippen LogP contribution in [0.2, 0.25) is 0 Å². The van der Waals surface area contributed by atoms with Gasteiger partial charge in [0.2, 0.25) is 5.95 Å². The fourth-order valence-electron chi connectivity index (χ4n) is 1.41. The van der Waals surface area contributed by atoms with Crippen molar-refractivity contribution >= 4 is 12.2 Å². The first-order chi connectivity index (χ1) is 8.84. The number of aryl methyl sites for hydroxylation is 1. The lowest BCUT2D eigenvalue weighted by Gasteiger charge is -1.97. The van der Waals surface area contributed by atoms with Crippen molar-refractivity contribution in [3.63, 3.8) is 0 Å². The van der Waals surface area contributed by atoms with E-state index in [2.05, 4.69) is 37.8 Å². The number of rotatable bonds is 5. The van der Waals surface area contributed by atoms with Gasteiger partial charge in [0.05, 0.1) is 0 Å². The molecule has 6 heteroatoms. The molecule has 0 saturated heterocycles. The van der Waals surface area contributed by atoms with Crippen LogP contribution in [0.5, 0.6) is 0 Å². The number of hydrazone groups is 1. The normalized spacial score (nSPS) is 10.7. The maximum Gasteiger partial charge on any atom is 0.271 e. The summed E-state index contributed by atoms with van der Waals surface area (Å²) in [4.78, 5) is 13.4. The zero-order valence-electron chi connectivity index (χ0n) is 9.71. The zero-order valence-corrected chi connectivity index (χ0v) is 9.71. The van der Waals surface area contributed by atoms with Gasteiger partial charge in [-0.05, 0) is 18.4 Å². The van der Waals surface area contributed by atoms with Gasteiger partial charge in [-0.15, -0.1) is 10.2 Å². The summed E-state index contributed by atoms with van der Waals surface area (Å²) in [5, 5.41) is 11.1. The quantitative estimate of drug-likeness (QED) is 0.610. The summed E-state index contributed by atoms with van der Waals surface area (Å²) in [5.41, 5.74) is 3.56. The maximum atomic E-state index is 10.9. The Hall–Kier alpha value is -2.50. The van der Waals surface area contributed by atoms with Crippen LogP contribution in [0.15, 0.2) is 46.4 Å². The van der Waals surface area contributed by atoms with E-state index < -0.39 is 0 Å². The number of aromatic nitrogens is 3. The molecular formula is C12H13N5O. The molecule has 92 valence electrons. The molecule has 0 aliphatic heterocycles. The van der Waals surface area contributed by atoms with E-state index in [-0.39, 0.29) is 11.5 Å². The lowest BCUT2D eigenvalue weighted by atomic mass is 10.1. The number of benzene rings is 1. The highest BCUT2D eigenvalue weighted by atomic mass is 16.1. The van der Waals surface area contributed by atoms with Crippen molar-refractivity contribution in [3.05, 3.63) is 52.4 Å². The van der Waals surface area contributed by atoms with E-state index in [0.29, 0.717) is 0 Å². The topological polar surface area (TPSA) is 83.0 Å². The van der Waals surface area contributed by atoms with Gasteiger partial charge in [0.1, 0.15) is 6.20 Å². The fourth-order valence-corrected chi connectivity index (χ4v) is 1.41. The Morgan fingerprint density at radius 2 is 2.17 bits per heavy atom. The van der Waals surface area contributed by atoms with Crippen LogP contribution in [0.1, 0.15) is 12.0 Å². The van der Waals surface area contributed by atoms with E-state index in [1.807, 2.05) is 18.2 Å². The lowest BCUT2D eigenvalue weighted by molar-refractivity contribution is 0.937. The summed E-state index contributed by atoms with van der Waals surface area (Å²) in [6.45, 7) is 0. The van der Waals surface area contributed by atoms with Crippen molar-refractivity contribution in [2.75, 3.05) is 5.43 Å². The van der Waals surface area contributed by atoms with Gasteiger partial charge in [-0.25, -0.2) is 5.43 Å². The van der Waals surface area contributed by atoms with Crippen LogP contribution in [0.3, 0.4) is 0 Å². The fraction of sp³-hybridized carbons (Fsp3) is 0.167. The number of aromatic amines is 1. The van der Waals surface area contributed by atoms with Crippen molar-refractivity contribution in [2.24, 2.45) is 5.10 Å². The molecule has 0 aliphatic carbocycles. The molecule has 0 aliphatic rings. The van der Waals surface area contributed by atoms with E-state index in [4.69, 9.17) is 0 Å². The summed E-state index contributed by atoms with van der Waals surface area (Å²) < 4.78 is 0. The summed E-state index contributed by atoms with van der Waals surface area (Å²) in [5.74, 6) is 0.235. The second-order valence-electron chi connectivity index (χ2n) is 3.63. The van der Waals surface area contributed by atoms with Gasteiger partial charge in [-0.1, -0.05) is 30.3 Å². The molecule has 1 aromatic heterocycles. The van der Waals surface area contributed by atoms with E-state index >= 15 is 0 Å². The number of hydrogen-bond acceptors (Lipinski definition) is 5. The van der Waals surface area contributed by atoms with Gasteiger partial charge in [0, 0.05) is 6.21 Å². The predicted molar refractivity (Wildman–Crippen MR) is 69.5 cm³/mol. The van der Waals surface area contributed by atoms with Crippen LogP contribution in [0.25, 0.3) is 0 Å². The van der Waals surface area contributed by atoms with Crippen molar-refractivity contribution in [1.29, 1.82) is 0 Å². The predicted octanol–water partition coefficient (Wildman–Crippen LogP) is 1.20. The molecule has 2 aromatic rings. The Kier molecular flexibility index (Phi) is 4.18. The molecule has 1 heterocycles. The van der Waals surface area contributed by atoms with Crippen LogP contribution in [0.4, 0.5) is 5.95 Å². The van der Waals surface area contributed by atoms with Crippen LogP contribution in [0, 0.1) is 0 Å². The number of nitrogens with zero attached hydrogens (tertiary/aromatic N) is 3. The molecule has 1 aromatic carbocycles. The molecule has 0 saturated carbocycles. The first-order valence-electron chi connectivity index (χ1n) is 5.58. The Labute approximate surface area is 104 Å². The van der Waals surface area contributed by atoms with Gasteiger partial charge in [-0.3, -0.25) is 9.78 Å². The Morgan fingerprint density at radius 1 is 1.33 bits per heavy atom. The third-order valence-corrected chi connectivity index (χ3v) is 2.24. The van der Waals surface area contributed by atoms with Crippen LogP contribution >= 0.6 is 0 Å². The highest BCUT2D eigenvalue weighted by Gasteiger charge is 1.92. The number of H-pyrrole nitrogens is 1. The molecule has 0 fully saturated rings. The van der Waals surface area contributed by atoms with Gasteiger partial charge in [0.25, 0.3) is 5.56 Å². The van der Waals surface area contributed by atoms with Gasteiger partial charge >= 0.3 is 0 Å². The minimum absolute atomic E-state index is 0.235. The van der Waals surface area contributed by atoms with E-state index in [9.17, 15) is 4.79 Å². The smallest absolute Gasteiger partial charge is 0.271 e. The van der Waals surface area contributed by atoms with Gasteiger partial charge < -0.3 is 0 Å². The standard InChI is InChI=1S/C12H13N5O/c18-11-9-14-17-12(15-11)16-13-8-4-7-10-5-2-1-3-6-10/h1-3,5-6,8-9H,4,7H2,(H2,15,16,17,18)/b13-8+. The SMILES string of the molecule is O=c1cnnc(N/N=C/CCc2ccccc2)[nH]1. The average molecular weight is 243 g/mol. The second-order valence-corrected chi connectivity index (χ2v) is 3.63. The van der Waals surface area contributed by atoms with Crippen molar-refractivity contribution in [2.45, 2.75) is 12.8 Å². The Morgan fingerprint density at radius 3 is 2.94 bits per heavy atom. The third kappa shape index (κ3) is 3.82. The maximum absolute atomic E-state index is 10.9. The summed E-state index contributed by atoms with van der Waals surface area (Å²) >= 11 is 0. The van der Waals surface area contributed by atoms with E-state index in [0.717, 1.165) is 19.0 Å². The minimum Gasteiger partial charge on any atom is -0.289 e. The molecule has 2 N–H and O–H groups in total. The Balaban J connectivity index is 1.77. The molecule has 6 nitrogen and oxygen atoms in total. The molecule has 0 unspecified atom stereocenters. The third-order valence-electron chi connectivity index (χ3n) is 2.24. The molecule has 0 amide bonds. The van der Waals surface area contributed by atoms with Gasteiger partial charge in [0.15, 0.2) is 0 Å². The Bertz CT molecular complexity index is 564. The average Bonchev–Trinajstić information content (AvgIpc) is 2.40. The monoisotopic (exact) mass is 243 g/mol. The first-order valence-corrected chi connectivity index (χ1v) is 5.58. The molecule has 0 atom stereocenters. The molecule has 0 spiro atoms. The summed E-state index contributed by atoms with van der Waals surface area (Å²) in [7, 11) is 0. The molecule has 0 radical (unpaired) electrons. The van der Waals surface area contributed by atoms with Crippen LogP contribution in [-0.2, 0) is 6.42 Å². The molecule has 0 bridgehead atoms. The zero-order chi connectivity index (χ0) is 12.6. The van der Waals surface area contributed by atoms with Crippen LogP contribution < -0.4 is 11.0 Å². The highest BCUT2D eigenvalue weighted by molar-refractivity contribution is 5.58.